The molecule has 0 N–H and O–H groups in total. The Hall–Kier alpha value is -1.28. The average Bonchev–Trinajstić information content (AvgIpc) is 2.65. The highest BCUT2D eigenvalue weighted by Gasteiger charge is 2.39. The molecule has 2 rings (SSSR count). The van der Waals surface area contributed by atoms with E-state index in [0.29, 0.717) is 5.56 Å². The number of benzene rings is 1. The van der Waals surface area contributed by atoms with E-state index in [9.17, 15) is 26.4 Å². The highest BCUT2D eigenvalue weighted by molar-refractivity contribution is 8.13. The van der Waals surface area contributed by atoms with Crippen molar-refractivity contribution in [3.63, 3.8) is 0 Å². The van der Waals surface area contributed by atoms with Crippen LogP contribution in [0.4, 0.5) is 18.9 Å². The van der Waals surface area contributed by atoms with Gasteiger partial charge in [-0.1, -0.05) is 6.07 Å². The number of hydrogen-bond donors (Lipinski definition) is 0. The lowest BCUT2D eigenvalue weighted by atomic mass is 10.1. The fourth-order valence-electron chi connectivity index (χ4n) is 2.51. The van der Waals surface area contributed by atoms with Gasteiger partial charge in [-0.25, -0.2) is 8.42 Å². The number of anilines is 1. The summed E-state index contributed by atoms with van der Waals surface area (Å²) in [7, 11) is 1.33. The van der Waals surface area contributed by atoms with E-state index in [-0.39, 0.29) is 18.7 Å². The first kappa shape index (κ1) is 17.1. The van der Waals surface area contributed by atoms with E-state index in [0.717, 1.165) is 11.0 Å². The smallest absolute Gasteiger partial charge is 0.311 e. The first-order valence-corrected chi connectivity index (χ1v) is 8.86. The normalized spacial score (nSPS) is 19.8. The SMILES string of the molecule is Cc1ccc(C(F)(F)F)c(N2CC(CS(=O)(=O)Cl)CC2=O)c1. The molecule has 0 aliphatic carbocycles. The Labute approximate surface area is 130 Å². The van der Waals surface area contributed by atoms with Crippen LogP contribution in [-0.4, -0.2) is 26.6 Å². The minimum absolute atomic E-state index is 0.0999. The summed E-state index contributed by atoms with van der Waals surface area (Å²) >= 11 is 0. The summed E-state index contributed by atoms with van der Waals surface area (Å²) in [5.74, 6) is -1.60. The summed E-state index contributed by atoms with van der Waals surface area (Å²) in [6, 6.07) is 3.51. The van der Waals surface area contributed by atoms with E-state index < -0.39 is 38.4 Å². The van der Waals surface area contributed by atoms with Gasteiger partial charge >= 0.3 is 6.18 Å². The van der Waals surface area contributed by atoms with Crippen LogP contribution in [-0.2, 0) is 20.0 Å². The van der Waals surface area contributed by atoms with Crippen molar-refractivity contribution in [2.24, 2.45) is 5.92 Å². The van der Waals surface area contributed by atoms with Gasteiger partial charge < -0.3 is 4.90 Å². The van der Waals surface area contributed by atoms with Crippen LogP contribution >= 0.6 is 10.7 Å². The summed E-state index contributed by atoms with van der Waals surface area (Å²) in [5.41, 5.74) is -0.586. The first-order valence-electron chi connectivity index (χ1n) is 6.38. The summed E-state index contributed by atoms with van der Waals surface area (Å²) in [5, 5.41) is 0. The fourth-order valence-corrected chi connectivity index (χ4v) is 3.83. The number of aryl methyl sites for hydroxylation is 1. The molecule has 1 saturated heterocycles. The third kappa shape index (κ3) is 3.92. The maximum absolute atomic E-state index is 13.1. The first-order chi connectivity index (χ1) is 9.97. The van der Waals surface area contributed by atoms with E-state index in [1.165, 1.54) is 12.1 Å². The van der Waals surface area contributed by atoms with Crippen LogP contribution in [0, 0.1) is 12.8 Å². The van der Waals surface area contributed by atoms with Gasteiger partial charge in [0, 0.05) is 29.6 Å². The van der Waals surface area contributed by atoms with Crippen molar-refractivity contribution < 1.29 is 26.4 Å². The Bertz CT molecular complexity index is 703. The molecular weight excluding hydrogens is 343 g/mol. The second kappa shape index (κ2) is 5.73. The molecule has 0 bridgehead atoms. The highest BCUT2D eigenvalue weighted by atomic mass is 35.7. The third-order valence-electron chi connectivity index (χ3n) is 3.39. The number of alkyl halides is 3. The lowest BCUT2D eigenvalue weighted by Gasteiger charge is -2.22. The van der Waals surface area contributed by atoms with Crippen LogP contribution in [0.3, 0.4) is 0 Å². The Balaban J connectivity index is 2.36. The van der Waals surface area contributed by atoms with Gasteiger partial charge in [0.2, 0.25) is 15.0 Å². The maximum Gasteiger partial charge on any atom is 0.418 e. The van der Waals surface area contributed by atoms with Crippen molar-refractivity contribution in [1.29, 1.82) is 0 Å². The largest absolute Gasteiger partial charge is 0.418 e. The number of hydrogen-bond acceptors (Lipinski definition) is 3. The molecule has 1 aliphatic rings. The average molecular weight is 356 g/mol. The Morgan fingerprint density at radius 1 is 1.36 bits per heavy atom. The van der Waals surface area contributed by atoms with E-state index in [1.807, 2.05) is 0 Å². The monoisotopic (exact) mass is 355 g/mol. The van der Waals surface area contributed by atoms with Gasteiger partial charge in [-0.2, -0.15) is 13.2 Å². The molecule has 1 amide bonds. The van der Waals surface area contributed by atoms with Gasteiger partial charge in [-0.05, 0) is 24.6 Å². The molecular formula is C13H13ClF3NO3S. The zero-order valence-electron chi connectivity index (χ0n) is 11.5. The number of carbonyl (C=O) groups is 1. The second-order valence-electron chi connectivity index (χ2n) is 5.30. The van der Waals surface area contributed by atoms with Crippen molar-refractivity contribution in [1.82, 2.24) is 0 Å². The molecule has 1 fully saturated rings. The summed E-state index contributed by atoms with van der Waals surface area (Å²) in [6.45, 7) is 1.52. The van der Waals surface area contributed by atoms with Gasteiger partial charge in [0.25, 0.3) is 0 Å². The predicted octanol–water partition coefficient (Wildman–Crippen LogP) is 2.94. The molecule has 1 aliphatic heterocycles. The lowest BCUT2D eigenvalue weighted by molar-refractivity contribution is -0.137. The zero-order valence-corrected chi connectivity index (χ0v) is 13.1. The highest BCUT2D eigenvalue weighted by Crippen LogP contribution is 2.39. The molecule has 0 spiro atoms. The molecule has 1 atom stereocenters. The van der Waals surface area contributed by atoms with Crippen molar-refractivity contribution >= 4 is 31.3 Å². The van der Waals surface area contributed by atoms with Crippen LogP contribution < -0.4 is 4.90 Å². The van der Waals surface area contributed by atoms with Gasteiger partial charge in [0.15, 0.2) is 0 Å². The summed E-state index contributed by atoms with van der Waals surface area (Å²) < 4.78 is 61.4. The molecule has 1 aromatic carbocycles. The van der Waals surface area contributed by atoms with Gasteiger partial charge in [0.05, 0.1) is 17.0 Å². The molecule has 4 nitrogen and oxygen atoms in total. The van der Waals surface area contributed by atoms with Crippen LogP contribution in [0.1, 0.15) is 17.5 Å². The van der Waals surface area contributed by atoms with E-state index >= 15 is 0 Å². The van der Waals surface area contributed by atoms with Gasteiger partial charge in [0.1, 0.15) is 0 Å². The number of carbonyl (C=O) groups excluding carboxylic acids is 1. The molecule has 22 heavy (non-hydrogen) atoms. The third-order valence-corrected chi connectivity index (χ3v) is 4.64. The second-order valence-corrected chi connectivity index (χ2v) is 8.12. The lowest BCUT2D eigenvalue weighted by Crippen LogP contribution is -2.28. The van der Waals surface area contributed by atoms with Crippen LogP contribution in [0.15, 0.2) is 18.2 Å². The van der Waals surface area contributed by atoms with E-state index in [2.05, 4.69) is 0 Å². The molecule has 9 heteroatoms. The molecule has 0 saturated carbocycles. The maximum atomic E-state index is 13.1. The van der Waals surface area contributed by atoms with Crippen molar-refractivity contribution in [2.75, 3.05) is 17.2 Å². The number of halogens is 4. The van der Waals surface area contributed by atoms with Gasteiger partial charge in [-0.15, -0.1) is 0 Å². The minimum atomic E-state index is -4.60. The minimum Gasteiger partial charge on any atom is -0.311 e. The summed E-state index contributed by atoms with van der Waals surface area (Å²) in [6.07, 6.45) is -4.74. The quantitative estimate of drug-likeness (QED) is 0.783. The molecule has 1 aromatic rings. The topological polar surface area (TPSA) is 54.5 Å². The number of rotatable bonds is 3. The Kier molecular flexibility index (Phi) is 4.45. The molecule has 0 aromatic heterocycles. The van der Waals surface area contributed by atoms with Crippen molar-refractivity contribution in [2.45, 2.75) is 19.5 Å². The molecule has 1 unspecified atom stereocenters. The predicted molar refractivity (Wildman–Crippen MR) is 76.3 cm³/mol. The van der Waals surface area contributed by atoms with Crippen LogP contribution in [0.25, 0.3) is 0 Å². The van der Waals surface area contributed by atoms with Crippen molar-refractivity contribution in [3.8, 4) is 0 Å². The Morgan fingerprint density at radius 3 is 2.55 bits per heavy atom. The summed E-state index contributed by atoms with van der Waals surface area (Å²) in [4.78, 5) is 13.0. The Morgan fingerprint density at radius 2 is 2.00 bits per heavy atom. The number of amides is 1. The molecule has 122 valence electrons. The molecule has 1 heterocycles. The molecule has 0 radical (unpaired) electrons. The standard InChI is InChI=1S/C13H13ClF3NO3S/c1-8-2-3-10(13(15,16)17)11(4-8)18-6-9(5-12(18)19)7-22(14,20)21/h2-4,9H,5-7H2,1H3. The van der Waals surface area contributed by atoms with Crippen LogP contribution in [0.2, 0.25) is 0 Å². The van der Waals surface area contributed by atoms with Crippen molar-refractivity contribution in [3.05, 3.63) is 29.3 Å². The fraction of sp³-hybridized carbons (Fsp3) is 0.462. The van der Waals surface area contributed by atoms with Crippen LogP contribution in [0.5, 0.6) is 0 Å². The zero-order chi connectivity index (χ0) is 16.7. The number of nitrogens with zero attached hydrogens (tertiary/aromatic N) is 1. The van der Waals surface area contributed by atoms with E-state index in [4.69, 9.17) is 10.7 Å². The van der Waals surface area contributed by atoms with E-state index in [1.54, 1.807) is 6.92 Å². The van der Waals surface area contributed by atoms with Gasteiger partial charge in [-0.3, -0.25) is 4.79 Å².